The normalized spacial score (nSPS) is 10.6. The molecule has 0 spiro atoms. The minimum Gasteiger partial charge on any atom is -0.308 e. The zero-order valence-electron chi connectivity index (χ0n) is 12.0. The standard InChI is InChI=1S/C16H26O3/c1-2-3-4-5-6-7-8-12-15-17-19-18-16-13-10-9-11-14-16/h9-11,13-14H,2-8,12,15H2,1H3. The monoisotopic (exact) mass is 266 g/mol. The van der Waals surface area contributed by atoms with Crippen molar-refractivity contribution in [3.05, 3.63) is 30.3 Å². The number of hydrogen-bond donors (Lipinski definition) is 0. The van der Waals surface area contributed by atoms with Crippen LogP contribution in [0.15, 0.2) is 30.3 Å². The maximum atomic E-state index is 4.96. The summed E-state index contributed by atoms with van der Waals surface area (Å²) >= 11 is 0. The van der Waals surface area contributed by atoms with Gasteiger partial charge < -0.3 is 4.89 Å². The van der Waals surface area contributed by atoms with E-state index in [4.69, 9.17) is 9.78 Å². The molecule has 0 saturated heterocycles. The highest BCUT2D eigenvalue weighted by molar-refractivity contribution is 5.19. The number of hydrogen-bond acceptors (Lipinski definition) is 3. The van der Waals surface area contributed by atoms with Gasteiger partial charge >= 0.3 is 0 Å². The Labute approximate surface area is 116 Å². The third-order valence-corrected chi connectivity index (χ3v) is 3.00. The van der Waals surface area contributed by atoms with Crippen molar-refractivity contribution < 1.29 is 14.8 Å². The Hall–Kier alpha value is -1.06. The smallest absolute Gasteiger partial charge is 0.168 e. The molecule has 0 aromatic heterocycles. The van der Waals surface area contributed by atoms with Gasteiger partial charge in [0.1, 0.15) is 0 Å². The van der Waals surface area contributed by atoms with Gasteiger partial charge in [-0.2, -0.15) is 4.89 Å². The molecule has 0 radical (unpaired) electrons. The maximum Gasteiger partial charge on any atom is 0.168 e. The zero-order chi connectivity index (χ0) is 13.6. The van der Waals surface area contributed by atoms with Crippen LogP contribution < -0.4 is 4.89 Å². The summed E-state index contributed by atoms with van der Waals surface area (Å²) in [7, 11) is 0. The summed E-state index contributed by atoms with van der Waals surface area (Å²) in [5, 5.41) is 4.68. The van der Waals surface area contributed by atoms with Gasteiger partial charge in [-0.3, -0.25) is 0 Å². The highest BCUT2D eigenvalue weighted by atomic mass is 17.5. The van der Waals surface area contributed by atoms with Crippen LogP contribution in [0.1, 0.15) is 58.3 Å². The first-order valence-corrected chi connectivity index (χ1v) is 7.44. The van der Waals surface area contributed by atoms with Gasteiger partial charge in [0.25, 0.3) is 0 Å². The van der Waals surface area contributed by atoms with Crippen molar-refractivity contribution >= 4 is 0 Å². The molecule has 0 bridgehead atoms. The molecule has 1 rings (SSSR count). The molecule has 0 saturated carbocycles. The molecule has 0 aliphatic rings. The Morgan fingerprint density at radius 3 is 2.11 bits per heavy atom. The van der Waals surface area contributed by atoms with Crippen molar-refractivity contribution in [1.82, 2.24) is 0 Å². The molecule has 0 N–H and O–H groups in total. The molecule has 1 aromatic carbocycles. The lowest BCUT2D eigenvalue weighted by molar-refractivity contribution is -0.466. The summed E-state index contributed by atoms with van der Waals surface area (Å²) < 4.78 is 0. The molecule has 0 amide bonds. The van der Waals surface area contributed by atoms with Crippen LogP contribution in [0.2, 0.25) is 0 Å². The summed E-state index contributed by atoms with van der Waals surface area (Å²) in [4.78, 5) is 9.92. The maximum absolute atomic E-state index is 4.96. The average Bonchev–Trinajstić information content (AvgIpc) is 2.46. The van der Waals surface area contributed by atoms with Crippen molar-refractivity contribution in [2.24, 2.45) is 0 Å². The van der Waals surface area contributed by atoms with E-state index < -0.39 is 0 Å². The highest BCUT2D eigenvalue weighted by Gasteiger charge is 1.95. The van der Waals surface area contributed by atoms with Gasteiger partial charge in [0.2, 0.25) is 0 Å². The molecule has 0 fully saturated rings. The van der Waals surface area contributed by atoms with Gasteiger partial charge in [0, 0.05) is 0 Å². The fourth-order valence-corrected chi connectivity index (χ4v) is 1.87. The van der Waals surface area contributed by atoms with E-state index in [1.165, 1.54) is 44.9 Å². The fourth-order valence-electron chi connectivity index (χ4n) is 1.87. The first-order chi connectivity index (χ1) is 9.43. The molecule has 3 heteroatoms. The van der Waals surface area contributed by atoms with Crippen molar-refractivity contribution in [1.29, 1.82) is 0 Å². The van der Waals surface area contributed by atoms with E-state index in [2.05, 4.69) is 12.0 Å². The van der Waals surface area contributed by atoms with Crippen molar-refractivity contribution in [3.8, 4) is 5.75 Å². The minimum atomic E-state index is 0.585. The summed E-state index contributed by atoms with van der Waals surface area (Å²) in [5.41, 5.74) is 0. The Morgan fingerprint density at radius 2 is 1.42 bits per heavy atom. The Kier molecular flexibility index (Phi) is 10.1. The lowest BCUT2D eigenvalue weighted by Crippen LogP contribution is -2.00. The van der Waals surface area contributed by atoms with Gasteiger partial charge in [-0.25, -0.2) is 0 Å². The van der Waals surface area contributed by atoms with Gasteiger partial charge in [-0.15, -0.1) is 0 Å². The summed E-state index contributed by atoms with van der Waals surface area (Å²) in [6.45, 7) is 2.83. The molecule has 3 nitrogen and oxygen atoms in total. The second-order valence-electron chi connectivity index (χ2n) is 4.76. The molecule has 19 heavy (non-hydrogen) atoms. The Bertz CT molecular complexity index is 287. The lowest BCUT2D eigenvalue weighted by Gasteiger charge is -2.04. The molecule has 0 unspecified atom stereocenters. The van der Waals surface area contributed by atoms with Crippen LogP contribution in [-0.2, 0) is 9.93 Å². The molecule has 1 aromatic rings. The molecule has 0 aliphatic heterocycles. The van der Waals surface area contributed by atoms with Crippen molar-refractivity contribution in [2.75, 3.05) is 6.61 Å². The molecule has 0 atom stereocenters. The number of para-hydroxylation sites is 1. The molecule has 108 valence electrons. The Balaban J connectivity index is 1.79. The largest absolute Gasteiger partial charge is 0.308 e. The highest BCUT2D eigenvalue weighted by Crippen LogP contribution is 2.10. The summed E-state index contributed by atoms with van der Waals surface area (Å²) in [5.74, 6) is 0.651. The Morgan fingerprint density at radius 1 is 0.789 bits per heavy atom. The van der Waals surface area contributed by atoms with E-state index in [1.54, 1.807) is 0 Å². The minimum absolute atomic E-state index is 0.585. The van der Waals surface area contributed by atoms with Gasteiger partial charge in [-0.05, 0) is 23.6 Å². The van der Waals surface area contributed by atoms with E-state index in [1.807, 2.05) is 30.3 Å². The summed E-state index contributed by atoms with van der Waals surface area (Å²) in [6, 6.07) is 9.34. The lowest BCUT2D eigenvalue weighted by atomic mass is 10.1. The van der Waals surface area contributed by atoms with Crippen LogP contribution >= 0.6 is 0 Å². The first kappa shape index (κ1) is 16.0. The van der Waals surface area contributed by atoms with Crippen molar-refractivity contribution in [2.45, 2.75) is 58.3 Å². The van der Waals surface area contributed by atoms with E-state index in [0.717, 1.165) is 6.42 Å². The molecule has 0 heterocycles. The first-order valence-electron chi connectivity index (χ1n) is 7.44. The predicted molar refractivity (Wildman–Crippen MR) is 76.7 cm³/mol. The van der Waals surface area contributed by atoms with Crippen molar-refractivity contribution in [3.63, 3.8) is 0 Å². The van der Waals surface area contributed by atoms with E-state index in [0.29, 0.717) is 12.4 Å². The van der Waals surface area contributed by atoms with E-state index in [9.17, 15) is 0 Å². The average molecular weight is 266 g/mol. The van der Waals surface area contributed by atoms with Crippen LogP contribution in [0.25, 0.3) is 0 Å². The van der Waals surface area contributed by atoms with E-state index >= 15 is 0 Å². The predicted octanol–water partition coefficient (Wildman–Crippen LogP) is 5.07. The van der Waals surface area contributed by atoms with Gasteiger partial charge in [0.05, 0.1) is 6.61 Å². The number of unbranched alkanes of at least 4 members (excludes halogenated alkanes) is 7. The van der Waals surface area contributed by atoms with E-state index in [-0.39, 0.29) is 0 Å². The number of benzene rings is 1. The zero-order valence-corrected chi connectivity index (χ0v) is 12.0. The third-order valence-electron chi connectivity index (χ3n) is 3.00. The molecular formula is C16H26O3. The fraction of sp³-hybridized carbons (Fsp3) is 0.625. The van der Waals surface area contributed by atoms with Crippen LogP contribution in [0.5, 0.6) is 5.75 Å². The van der Waals surface area contributed by atoms with Crippen LogP contribution in [0, 0.1) is 0 Å². The molecule has 0 aliphatic carbocycles. The second kappa shape index (κ2) is 12.0. The molecular weight excluding hydrogens is 240 g/mol. The second-order valence-corrected chi connectivity index (χ2v) is 4.76. The summed E-state index contributed by atoms with van der Waals surface area (Å²) in [6.07, 6.45) is 10.3. The topological polar surface area (TPSA) is 27.7 Å². The third kappa shape index (κ3) is 9.51. The van der Waals surface area contributed by atoms with Crippen LogP contribution in [0.3, 0.4) is 0 Å². The SMILES string of the molecule is CCCCCCCCCCOOOc1ccccc1. The van der Waals surface area contributed by atoms with Crippen LogP contribution in [0.4, 0.5) is 0 Å². The van der Waals surface area contributed by atoms with Crippen LogP contribution in [-0.4, -0.2) is 6.61 Å². The number of rotatable bonds is 12. The van der Waals surface area contributed by atoms with Gasteiger partial charge in [-0.1, -0.05) is 70.1 Å². The van der Waals surface area contributed by atoms with Gasteiger partial charge in [0.15, 0.2) is 5.75 Å². The quantitative estimate of drug-likeness (QED) is 0.300.